The van der Waals surface area contributed by atoms with E-state index in [1.807, 2.05) is 0 Å². The number of aromatic nitrogens is 2. The van der Waals surface area contributed by atoms with Gasteiger partial charge in [0.1, 0.15) is 0 Å². The lowest BCUT2D eigenvalue weighted by atomic mass is 10.1. The SMILES string of the molecule is CC(OC(=O)CCn1c(=O)[nH]c(=O)c2ccccc21)C(=O)NC1CCCCCC1. The summed E-state index contributed by atoms with van der Waals surface area (Å²) in [6.07, 6.45) is 5.50. The summed E-state index contributed by atoms with van der Waals surface area (Å²) in [4.78, 5) is 50.8. The van der Waals surface area contributed by atoms with Crippen molar-refractivity contribution in [1.29, 1.82) is 0 Å². The van der Waals surface area contributed by atoms with E-state index in [9.17, 15) is 19.2 Å². The van der Waals surface area contributed by atoms with Crippen LogP contribution < -0.4 is 16.6 Å². The smallest absolute Gasteiger partial charge is 0.328 e. The van der Waals surface area contributed by atoms with Gasteiger partial charge >= 0.3 is 11.7 Å². The van der Waals surface area contributed by atoms with Gasteiger partial charge in [0.25, 0.3) is 11.5 Å². The average molecular weight is 401 g/mol. The van der Waals surface area contributed by atoms with Crippen molar-refractivity contribution in [2.45, 2.75) is 70.6 Å². The number of amides is 1. The van der Waals surface area contributed by atoms with Crippen LogP contribution in [-0.4, -0.2) is 33.6 Å². The van der Waals surface area contributed by atoms with Crippen LogP contribution in [0.5, 0.6) is 0 Å². The van der Waals surface area contributed by atoms with Gasteiger partial charge in [-0.05, 0) is 31.9 Å². The number of carbonyl (C=O) groups excluding carboxylic acids is 2. The van der Waals surface area contributed by atoms with Crippen molar-refractivity contribution in [2.75, 3.05) is 0 Å². The Balaban J connectivity index is 1.57. The van der Waals surface area contributed by atoms with E-state index in [1.54, 1.807) is 31.2 Å². The first kappa shape index (κ1) is 20.8. The van der Waals surface area contributed by atoms with Gasteiger partial charge in [0.15, 0.2) is 6.10 Å². The second kappa shape index (κ2) is 9.54. The van der Waals surface area contributed by atoms with Crippen molar-refractivity contribution in [3.05, 3.63) is 45.1 Å². The monoisotopic (exact) mass is 401 g/mol. The summed E-state index contributed by atoms with van der Waals surface area (Å²) >= 11 is 0. The van der Waals surface area contributed by atoms with Crippen LogP contribution in [0.2, 0.25) is 0 Å². The van der Waals surface area contributed by atoms with Gasteiger partial charge in [-0.3, -0.25) is 23.9 Å². The fourth-order valence-electron chi connectivity index (χ4n) is 3.72. The fourth-order valence-corrected chi connectivity index (χ4v) is 3.72. The van der Waals surface area contributed by atoms with E-state index in [1.165, 1.54) is 17.4 Å². The summed E-state index contributed by atoms with van der Waals surface area (Å²) in [6.45, 7) is 1.59. The highest BCUT2D eigenvalue weighted by Crippen LogP contribution is 2.17. The van der Waals surface area contributed by atoms with Crippen molar-refractivity contribution in [1.82, 2.24) is 14.9 Å². The third-order valence-electron chi connectivity index (χ3n) is 5.32. The van der Waals surface area contributed by atoms with Crippen LogP contribution >= 0.6 is 0 Å². The minimum absolute atomic E-state index is 0.0475. The zero-order valence-electron chi connectivity index (χ0n) is 16.6. The lowest BCUT2D eigenvalue weighted by Gasteiger charge is -2.19. The zero-order valence-corrected chi connectivity index (χ0v) is 16.6. The Bertz CT molecular complexity index is 986. The largest absolute Gasteiger partial charge is 0.452 e. The molecular weight excluding hydrogens is 374 g/mol. The molecule has 1 fully saturated rings. The number of rotatable bonds is 6. The van der Waals surface area contributed by atoms with Crippen LogP contribution in [0.3, 0.4) is 0 Å². The number of ether oxygens (including phenoxy) is 1. The Hall–Kier alpha value is -2.90. The maximum atomic E-state index is 12.3. The summed E-state index contributed by atoms with van der Waals surface area (Å²) in [5.41, 5.74) is -0.595. The number of aromatic amines is 1. The van der Waals surface area contributed by atoms with Crippen LogP contribution in [0.15, 0.2) is 33.9 Å². The van der Waals surface area contributed by atoms with E-state index < -0.39 is 23.3 Å². The highest BCUT2D eigenvalue weighted by atomic mass is 16.5. The number of para-hydroxylation sites is 1. The summed E-state index contributed by atoms with van der Waals surface area (Å²) in [5.74, 6) is -0.868. The predicted molar refractivity (Wildman–Crippen MR) is 109 cm³/mol. The number of aryl methyl sites for hydroxylation is 1. The molecule has 1 aromatic carbocycles. The molecule has 1 atom stereocenters. The van der Waals surface area contributed by atoms with Gasteiger partial charge in [0, 0.05) is 12.6 Å². The summed E-state index contributed by atoms with van der Waals surface area (Å²) in [7, 11) is 0. The Morgan fingerprint density at radius 2 is 1.86 bits per heavy atom. The lowest BCUT2D eigenvalue weighted by Crippen LogP contribution is -2.42. The van der Waals surface area contributed by atoms with Gasteiger partial charge in [-0.15, -0.1) is 0 Å². The topological polar surface area (TPSA) is 110 Å². The predicted octanol–water partition coefficient (Wildman–Crippen LogP) is 1.85. The molecule has 1 unspecified atom stereocenters. The number of hydrogen-bond acceptors (Lipinski definition) is 5. The molecule has 8 nitrogen and oxygen atoms in total. The molecule has 3 rings (SSSR count). The standard InChI is InChI=1S/C21H27N3O5/c1-14(19(26)22-15-8-4-2-3-5-9-15)29-18(25)12-13-24-17-11-7-6-10-16(17)20(27)23-21(24)28/h6-7,10-11,14-15H,2-5,8-9,12-13H2,1H3,(H,22,26)(H,23,27,28). The molecule has 2 N–H and O–H groups in total. The molecule has 156 valence electrons. The summed E-state index contributed by atoms with van der Waals surface area (Å²) in [5, 5.41) is 3.34. The van der Waals surface area contributed by atoms with Crippen molar-refractivity contribution in [2.24, 2.45) is 0 Å². The number of nitrogens with zero attached hydrogens (tertiary/aromatic N) is 1. The van der Waals surface area contributed by atoms with Crippen molar-refractivity contribution >= 4 is 22.8 Å². The van der Waals surface area contributed by atoms with Gasteiger partial charge in [-0.1, -0.05) is 37.8 Å². The molecular formula is C21H27N3O5. The van der Waals surface area contributed by atoms with E-state index in [0.29, 0.717) is 10.9 Å². The molecule has 1 aliphatic carbocycles. The van der Waals surface area contributed by atoms with E-state index in [-0.39, 0.29) is 24.9 Å². The van der Waals surface area contributed by atoms with Gasteiger partial charge in [0.05, 0.1) is 17.3 Å². The number of hydrogen-bond donors (Lipinski definition) is 2. The average Bonchev–Trinajstić information content (AvgIpc) is 2.96. The molecule has 1 aliphatic rings. The lowest BCUT2D eigenvalue weighted by molar-refractivity contribution is -0.155. The number of carbonyl (C=O) groups is 2. The van der Waals surface area contributed by atoms with E-state index >= 15 is 0 Å². The molecule has 0 aliphatic heterocycles. The molecule has 1 aromatic heterocycles. The second-order valence-electron chi connectivity index (χ2n) is 7.51. The number of esters is 1. The molecule has 0 saturated heterocycles. The number of nitrogens with one attached hydrogen (secondary N) is 2. The van der Waals surface area contributed by atoms with Gasteiger partial charge in [0.2, 0.25) is 0 Å². The fraction of sp³-hybridized carbons (Fsp3) is 0.524. The maximum absolute atomic E-state index is 12.3. The van der Waals surface area contributed by atoms with Gasteiger partial charge in [-0.2, -0.15) is 0 Å². The molecule has 1 heterocycles. The highest BCUT2D eigenvalue weighted by Gasteiger charge is 2.22. The zero-order chi connectivity index (χ0) is 20.8. The van der Waals surface area contributed by atoms with E-state index in [4.69, 9.17) is 4.74 Å². The third-order valence-corrected chi connectivity index (χ3v) is 5.32. The summed E-state index contributed by atoms with van der Waals surface area (Å²) < 4.78 is 6.57. The van der Waals surface area contributed by atoms with Crippen LogP contribution in [0, 0.1) is 0 Å². The Kier molecular flexibility index (Phi) is 6.85. The van der Waals surface area contributed by atoms with Gasteiger partial charge in [-0.25, -0.2) is 4.79 Å². The third kappa shape index (κ3) is 5.34. The molecule has 0 radical (unpaired) electrons. The Morgan fingerprint density at radius 1 is 1.17 bits per heavy atom. The molecule has 8 heteroatoms. The summed E-state index contributed by atoms with van der Waals surface area (Å²) in [6, 6.07) is 6.82. The highest BCUT2D eigenvalue weighted by molar-refractivity contribution is 5.83. The first-order chi connectivity index (χ1) is 14.0. The van der Waals surface area contributed by atoms with Crippen LogP contribution in [0.4, 0.5) is 0 Å². The minimum atomic E-state index is -0.894. The Morgan fingerprint density at radius 3 is 2.59 bits per heavy atom. The van der Waals surface area contributed by atoms with Crippen LogP contribution in [0.1, 0.15) is 51.9 Å². The molecule has 0 bridgehead atoms. The first-order valence-electron chi connectivity index (χ1n) is 10.2. The van der Waals surface area contributed by atoms with Crippen molar-refractivity contribution in [3.63, 3.8) is 0 Å². The molecule has 1 saturated carbocycles. The molecule has 1 amide bonds. The van der Waals surface area contributed by atoms with Crippen LogP contribution in [0.25, 0.3) is 10.9 Å². The normalized spacial score (nSPS) is 16.2. The molecule has 2 aromatic rings. The van der Waals surface area contributed by atoms with Gasteiger partial charge < -0.3 is 10.1 Å². The van der Waals surface area contributed by atoms with E-state index in [0.717, 1.165) is 25.7 Å². The maximum Gasteiger partial charge on any atom is 0.328 e. The molecule has 0 spiro atoms. The van der Waals surface area contributed by atoms with Crippen LogP contribution in [-0.2, 0) is 20.9 Å². The van der Waals surface area contributed by atoms with Crippen molar-refractivity contribution in [3.8, 4) is 0 Å². The minimum Gasteiger partial charge on any atom is -0.452 e. The van der Waals surface area contributed by atoms with Crippen molar-refractivity contribution < 1.29 is 14.3 Å². The Labute approximate surface area is 168 Å². The quantitative estimate of drug-likeness (QED) is 0.567. The molecule has 29 heavy (non-hydrogen) atoms. The number of H-pyrrole nitrogens is 1. The first-order valence-corrected chi connectivity index (χ1v) is 10.2. The number of benzene rings is 1. The van der Waals surface area contributed by atoms with E-state index in [2.05, 4.69) is 10.3 Å². The second-order valence-corrected chi connectivity index (χ2v) is 7.51. The number of fused-ring (bicyclic) bond motifs is 1.